The number of benzene rings is 1. The number of para-hydroxylation sites is 1. The standard InChI is InChI=1S/C15H17N3O/c1-10-13(7-8-16)17-18(2)15(10)12-9-19-14-6-4-3-5-11(12)14/h3-6,9H,7-8,16H2,1-2H3. The Kier molecular flexibility index (Phi) is 2.87. The Balaban J connectivity index is 2.21. The second kappa shape index (κ2) is 4.55. The number of nitrogens with two attached hydrogens (primary N) is 1. The molecule has 0 fully saturated rings. The normalized spacial score (nSPS) is 11.3. The molecular weight excluding hydrogens is 238 g/mol. The highest BCUT2D eigenvalue weighted by Gasteiger charge is 2.17. The van der Waals surface area contributed by atoms with Gasteiger partial charge in [0, 0.05) is 24.4 Å². The number of aryl methyl sites for hydroxylation is 1. The van der Waals surface area contributed by atoms with Crippen molar-refractivity contribution in [2.24, 2.45) is 12.8 Å². The molecule has 3 aromatic rings. The van der Waals surface area contributed by atoms with Crippen LogP contribution in [0.1, 0.15) is 11.3 Å². The molecule has 0 bridgehead atoms. The minimum absolute atomic E-state index is 0.615. The van der Waals surface area contributed by atoms with Crippen molar-refractivity contribution < 1.29 is 4.42 Å². The van der Waals surface area contributed by atoms with E-state index in [1.54, 1.807) is 6.26 Å². The van der Waals surface area contributed by atoms with E-state index in [0.717, 1.165) is 34.3 Å². The van der Waals surface area contributed by atoms with Crippen LogP contribution in [-0.2, 0) is 13.5 Å². The van der Waals surface area contributed by atoms with Gasteiger partial charge in [-0.05, 0) is 25.1 Å². The highest BCUT2D eigenvalue weighted by atomic mass is 16.3. The van der Waals surface area contributed by atoms with E-state index in [2.05, 4.69) is 18.1 Å². The molecule has 0 aliphatic rings. The minimum Gasteiger partial charge on any atom is -0.464 e. The van der Waals surface area contributed by atoms with Crippen LogP contribution in [0.3, 0.4) is 0 Å². The largest absolute Gasteiger partial charge is 0.464 e. The maximum atomic E-state index is 5.63. The second-order valence-electron chi connectivity index (χ2n) is 4.73. The summed E-state index contributed by atoms with van der Waals surface area (Å²) in [5.74, 6) is 0. The van der Waals surface area contributed by atoms with E-state index in [1.807, 2.05) is 29.9 Å². The first-order valence-corrected chi connectivity index (χ1v) is 6.41. The van der Waals surface area contributed by atoms with Gasteiger partial charge in [-0.1, -0.05) is 18.2 Å². The lowest BCUT2D eigenvalue weighted by Crippen LogP contribution is -2.04. The maximum Gasteiger partial charge on any atom is 0.134 e. The molecule has 0 atom stereocenters. The predicted octanol–water partition coefficient (Wildman–Crippen LogP) is 2.64. The van der Waals surface area contributed by atoms with Gasteiger partial charge < -0.3 is 10.2 Å². The molecule has 0 unspecified atom stereocenters. The predicted molar refractivity (Wildman–Crippen MR) is 75.9 cm³/mol. The lowest BCUT2D eigenvalue weighted by atomic mass is 10.0. The number of hydrogen-bond donors (Lipinski definition) is 1. The van der Waals surface area contributed by atoms with Crippen molar-refractivity contribution in [1.29, 1.82) is 0 Å². The molecule has 19 heavy (non-hydrogen) atoms. The first-order valence-electron chi connectivity index (χ1n) is 6.41. The van der Waals surface area contributed by atoms with Crippen LogP contribution in [-0.4, -0.2) is 16.3 Å². The lowest BCUT2D eigenvalue weighted by molar-refractivity contribution is 0.616. The average Bonchev–Trinajstić information content (AvgIpc) is 2.93. The van der Waals surface area contributed by atoms with Crippen LogP contribution in [0, 0.1) is 6.92 Å². The van der Waals surface area contributed by atoms with E-state index >= 15 is 0 Å². The summed E-state index contributed by atoms with van der Waals surface area (Å²) in [6, 6.07) is 8.05. The molecule has 2 N–H and O–H groups in total. The summed E-state index contributed by atoms with van der Waals surface area (Å²) in [4.78, 5) is 0. The van der Waals surface area contributed by atoms with Gasteiger partial charge in [-0.15, -0.1) is 0 Å². The Morgan fingerprint density at radius 1 is 1.32 bits per heavy atom. The first-order chi connectivity index (χ1) is 9.22. The molecule has 0 amide bonds. The summed E-state index contributed by atoms with van der Waals surface area (Å²) in [6.45, 7) is 2.71. The molecule has 0 saturated carbocycles. The van der Waals surface area contributed by atoms with E-state index in [0.29, 0.717) is 6.54 Å². The number of rotatable bonds is 3. The van der Waals surface area contributed by atoms with Gasteiger partial charge in [0.15, 0.2) is 0 Å². The average molecular weight is 255 g/mol. The Hall–Kier alpha value is -2.07. The Labute approximate surface area is 111 Å². The molecule has 0 aliphatic carbocycles. The summed E-state index contributed by atoms with van der Waals surface area (Å²) < 4.78 is 7.53. The van der Waals surface area contributed by atoms with Gasteiger partial charge >= 0.3 is 0 Å². The molecule has 98 valence electrons. The molecule has 3 rings (SSSR count). The third kappa shape index (κ3) is 1.85. The number of hydrogen-bond acceptors (Lipinski definition) is 3. The van der Waals surface area contributed by atoms with E-state index in [1.165, 1.54) is 5.56 Å². The first kappa shape index (κ1) is 12.0. The van der Waals surface area contributed by atoms with Gasteiger partial charge in [0.2, 0.25) is 0 Å². The lowest BCUT2D eigenvalue weighted by Gasteiger charge is -2.01. The van der Waals surface area contributed by atoms with Gasteiger partial charge in [0.1, 0.15) is 11.8 Å². The van der Waals surface area contributed by atoms with Gasteiger partial charge in [-0.2, -0.15) is 5.10 Å². The van der Waals surface area contributed by atoms with Gasteiger partial charge in [0.05, 0.1) is 11.4 Å². The van der Waals surface area contributed by atoms with Crippen LogP contribution >= 0.6 is 0 Å². The third-order valence-corrected chi connectivity index (χ3v) is 3.50. The van der Waals surface area contributed by atoms with Gasteiger partial charge in [-0.3, -0.25) is 4.68 Å². The summed E-state index contributed by atoms with van der Waals surface area (Å²) >= 11 is 0. The van der Waals surface area contributed by atoms with Crippen molar-refractivity contribution in [3.8, 4) is 11.3 Å². The van der Waals surface area contributed by atoms with Gasteiger partial charge in [-0.25, -0.2) is 0 Å². The zero-order valence-corrected chi connectivity index (χ0v) is 11.2. The maximum absolute atomic E-state index is 5.63. The summed E-state index contributed by atoms with van der Waals surface area (Å²) in [6.07, 6.45) is 2.61. The fraction of sp³-hybridized carbons (Fsp3) is 0.267. The molecule has 0 spiro atoms. The summed E-state index contributed by atoms with van der Waals surface area (Å²) in [5, 5.41) is 5.68. The van der Waals surface area contributed by atoms with Crippen molar-refractivity contribution in [2.75, 3.05) is 6.54 Å². The van der Waals surface area contributed by atoms with Crippen LogP contribution in [0.4, 0.5) is 0 Å². The fourth-order valence-electron chi connectivity index (χ4n) is 2.60. The second-order valence-corrected chi connectivity index (χ2v) is 4.73. The van der Waals surface area contributed by atoms with Gasteiger partial charge in [0.25, 0.3) is 0 Å². The van der Waals surface area contributed by atoms with E-state index in [9.17, 15) is 0 Å². The van der Waals surface area contributed by atoms with Crippen molar-refractivity contribution >= 4 is 11.0 Å². The van der Waals surface area contributed by atoms with E-state index < -0.39 is 0 Å². The van der Waals surface area contributed by atoms with Crippen molar-refractivity contribution in [3.63, 3.8) is 0 Å². The van der Waals surface area contributed by atoms with Crippen LogP contribution in [0.25, 0.3) is 22.2 Å². The number of furan rings is 1. The molecular formula is C15H17N3O. The van der Waals surface area contributed by atoms with Crippen LogP contribution in [0.5, 0.6) is 0 Å². The highest BCUT2D eigenvalue weighted by molar-refractivity contribution is 5.93. The number of nitrogens with zero attached hydrogens (tertiary/aromatic N) is 2. The SMILES string of the molecule is Cc1c(CCN)nn(C)c1-c1coc2ccccc12. The van der Waals surface area contributed by atoms with Crippen LogP contribution in [0.15, 0.2) is 34.9 Å². The third-order valence-electron chi connectivity index (χ3n) is 3.50. The topological polar surface area (TPSA) is 57.0 Å². The quantitative estimate of drug-likeness (QED) is 0.782. The Bertz CT molecular complexity index is 724. The molecule has 4 heteroatoms. The summed E-state index contributed by atoms with van der Waals surface area (Å²) in [5.41, 5.74) is 11.0. The zero-order chi connectivity index (χ0) is 13.4. The van der Waals surface area contributed by atoms with Crippen LogP contribution in [0.2, 0.25) is 0 Å². The number of fused-ring (bicyclic) bond motifs is 1. The minimum atomic E-state index is 0.615. The molecule has 0 radical (unpaired) electrons. The van der Waals surface area contributed by atoms with Crippen molar-refractivity contribution in [3.05, 3.63) is 41.8 Å². The highest BCUT2D eigenvalue weighted by Crippen LogP contribution is 2.33. The summed E-state index contributed by atoms with van der Waals surface area (Å²) in [7, 11) is 1.96. The molecule has 1 aromatic carbocycles. The number of aromatic nitrogens is 2. The Morgan fingerprint density at radius 3 is 2.89 bits per heavy atom. The zero-order valence-electron chi connectivity index (χ0n) is 11.2. The molecule has 2 heterocycles. The van der Waals surface area contributed by atoms with Crippen molar-refractivity contribution in [1.82, 2.24) is 9.78 Å². The van der Waals surface area contributed by atoms with Crippen LogP contribution < -0.4 is 5.73 Å². The Morgan fingerprint density at radius 2 is 2.11 bits per heavy atom. The monoisotopic (exact) mass is 255 g/mol. The molecule has 2 aromatic heterocycles. The molecule has 0 aliphatic heterocycles. The van der Waals surface area contributed by atoms with Crippen molar-refractivity contribution in [2.45, 2.75) is 13.3 Å². The van der Waals surface area contributed by atoms with E-state index in [-0.39, 0.29) is 0 Å². The molecule has 4 nitrogen and oxygen atoms in total. The van der Waals surface area contributed by atoms with E-state index in [4.69, 9.17) is 10.2 Å². The fourth-order valence-corrected chi connectivity index (χ4v) is 2.60. The molecule has 0 saturated heterocycles. The smallest absolute Gasteiger partial charge is 0.134 e.